The Bertz CT molecular complexity index is 443. The van der Waals surface area contributed by atoms with Crippen LogP contribution in [0.2, 0.25) is 0 Å². The molecule has 0 radical (unpaired) electrons. The zero-order valence-corrected chi connectivity index (χ0v) is 16.8. The maximum atomic E-state index is 11.4. The fraction of sp³-hybridized carbons (Fsp3) is 1.00. The fourth-order valence-electron chi connectivity index (χ4n) is 1.78. The zero-order valence-electron chi connectivity index (χ0n) is 16.0. The Balaban J connectivity index is 4.22. The second-order valence-electron chi connectivity index (χ2n) is 6.38. The SMILES string of the molecule is CC(CO)OCC(C)OCCC(COC(C)COC(C)CO)S(=O)(=O)[O-]. The molecule has 5 unspecified atom stereocenters. The Morgan fingerprint density at radius 3 is 1.62 bits per heavy atom. The summed E-state index contributed by atoms with van der Waals surface area (Å²) in [5.74, 6) is 0. The second-order valence-corrected chi connectivity index (χ2v) is 8.03. The van der Waals surface area contributed by atoms with Crippen LogP contribution in [0, 0.1) is 0 Å². The molecular formula is C16H33O9S-. The van der Waals surface area contributed by atoms with Crippen LogP contribution in [0.3, 0.4) is 0 Å². The lowest BCUT2D eigenvalue weighted by molar-refractivity contribution is -0.0531. The van der Waals surface area contributed by atoms with Gasteiger partial charge in [0.1, 0.15) is 0 Å². The van der Waals surface area contributed by atoms with Crippen molar-refractivity contribution in [1.29, 1.82) is 0 Å². The third-order valence-electron chi connectivity index (χ3n) is 3.56. The Morgan fingerprint density at radius 1 is 0.769 bits per heavy atom. The van der Waals surface area contributed by atoms with Gasteiger partial charge >= 0.3 is 0 Å². The number of rotatable bonds is 16. The number of aliphatic hydroxyl groups is 2. The van der Waals surface area contributed by atoms with E-state index in [0.29, 0.717) is 0 Å². The molecule has 0 fully saturated rings. The predicted molar refractivity (Wildman–Crippen MR) is 93.9 cm³/mol. The van der Waals surface area contributed by atoms with Crippen LogP contribution in [0.4, 0.5) is 0 Å². The summed E-state index contributed by atoms with van der Waals surface area (Å²) in [5, 5.41) is 16.5. The Kier molecular flexibility index (Phi) is 13.6. The molecule has 0 saturated heterocycles. The molecule has 0 aromatic heterocycles. The molecular weight excluding hydrogens is 368 g/mol. The van der Waals surface area contributed by atoms with Crippen LogP contribution in [0.25, 0.3) is 0 Å². The average molecular weight is 401 g/mol. The van der Waals surface area contributed by atoms with Gasteiger partial charge in [0.05, 0.1) is 72.8 Å². The van der Waals surface area contributed by atoms with Crippen LogP contribution in [0.5, 0.6) is 0 Å². The molecule has 0 aromatic rings. The van der Waals surface area contributed by atoms with Gasteiger partial charge in [-0.05, 0) is 34.1 Å². The van der Waals surface area contributed by atoms with Gasteiger partial charge in [0.15, 0.2) is 0 Å². The van der Waals surface area contributed by atoms with Crippen LogP contribution in [-0.2, 0) is 29.1 Å². The van der Waals surface area contributed by atoms with Crippen molar-refractivity contribution in [3.63, 3.8) is 0 Å². The first-order valence-electron chi connectivity index (χ1n) is 8.72. The molecule has 5 atom stereocenters. The summed E-state index contributed by atoms with van der Waals surface area (Å²) in [6.45, 7) is 6.89. The van der Waals surface area contributed by atoms with E-state index in [1.54, 1.807) is 27.7 Å². The van der Waals surface area contributed by atoms with Crippen molar-refractivity contribution in [1.82, 2.24) is 0 Å². The van der Waals surface area contributed by atoms with Gasteiger partial charge in [-0.2, -0.15) is 0 Å². The highest BCUT2D eigenvalue weighted by Gasteiger charge is 2.19. The van der Waals surface area contributed by atoms with E-state index >= 15 is 0 Å². The molecule has 158 valence electrons. The van der Waals surface area contributed by atoms with Gasteiger partial charge in [0.25, 0.3) is 0 Å². The van der Waals surface area contributed by atoms with Gasteiger partial charge in [-0.25, -0.2) is 8.42 Å². The maximum absolute atomic E-state index is 11.4. The van der Waals surface area contributed by atoms with Crippen molar-refractivity contribution < 1.29 is 42.1 Å². The summed E-state index contributed by atoms with van der Waals surface area (Å²) in [4.78, 5) is 0. The van der Waals surface area contributed by atoms with Gasteiger partial charge in [-0.15, -0.1) is 0 Å². The molecule has 26 heavy (non-hydrogen) atoms. The Hall–Kier alpha value is -0.330. The fourth-order valence-corrected chi connectivity index (χ4v) is 2.41. The number of ether oxygens (including phenoxy) is 4. The third-order valence-corrected chi connectivity index (χ3v) is 4.75. The van der Waals surface area contributed by atoms with Gasteiger partial charge < -0.3 is 33.7 Å². The van der Waals surface area contributed by atoms with Crippen LogP contribution >= 0.6 is 0 Å². The van der Waals surface area contributed by atoms with Crippen LogP contribution in [0.1, 0.15) is 34.1 Å². The second kappa shape index (κ2) is 13.8. The minimum atomic E-state index is -4.52. The van der Waals surface area contributed by atoms with E-state index < -0.39 is 21.5 Å². The monoisotopic (exact) mass is 401 g/mol. The minimum absolute atomic E-state index is 0.00630. The van der Waals surface area contributed by atoms with Crippen molar-refractivity contribution >= 4 is 10.1 Å². The van der Waals surface area contributed by atoms with Crippen molar-refractivity contribution in [2.45, 2.75) is 63.8 Å². The van der Waals surface area contributed by atoms with Crippen molar-refractivity contribution in [2.24, 2.45) is 0 Å². The summed E-state index contributed by atoms with van der Waals surface area (Å²) in [7, 11) is -4.52. The molecule has 0 aliphatic heterocycles. The smallest absolute Gasteiger partial charge is 0.0999 e. The van der Waals surface area contributed by atoms with Gasteiger partial charge in [0, 0.05) is 6.61 Å². The van der Waals surface area contributed by atoms with E-state index in [9.17, 15) is 13.0 Å². The van der Waals surface area contributed by atoms with Gasteiger partial charge in [-0.1, -0.05) is 0 Å². The summed E-state index contributed by atoms with van der Waals surface area (Å²) in [6.07, 6.45) is -1.35. The number of hydrogen-bond donors (Lipinski definition) is 2. The first kappa shape index (κ1) is 25.7. The minimum Gasteiger partial charge on any atom is -0.748 e. The molecule has 0 rings (SSSR count). The largest absolute Gasteiger partial charge is 0.748 e. The van der Waals surface area contributed by atoms with Gasteiger partial charge in [-0.3, -0.25) is 0 Å². The van der Waals surface area contributed by atoms with E-state index in [1.807, 2.05) is 0 Å². The van der Waals surface area contributed by atoms with E-state index in [2.05, 4.69) is 0 Å². The van der Waals surface area contributed by atoms with E-state index in [4.69, 9.17) is 29.2 Å². The third kappa shape index (κ3) is 12.9. The molecule has 0 amide bonds. The molecule has 10 heteroatoms. The predicted octanol–water partition coefficient (Wildman–Crippen LogP) is -0.105. The first-order valence-corrected chi connectivity index (χ1v) is 10.2. The highest BCUT2D eigenvalue weighted by Crippen LogP contribution is 2.09. The van der Waals surface area contributed by atoms with E-state index in [1.165, 1.54) is 0 Å². The summed E-state index contributed by atoms with van der Waals surface area (Å²) >= 11 is 0. The summed E-state index contributed by atoms with van der Waals surface area (Å²) in [5.41, 5.74) is 0. The molecule has 0 bridgehead atoms. The Morgan fingerprint density at radius 2 is 1.19 bits per heavy atom. The number of hydrogen-bond acceptors (Lipinski definition) is 9. The lowest BCUT2D eigenvalue weighted by atomic mass is 10.3. The lowest BCUT2D eigenvalue weighted by Gasteiger charge is -2.24. The maximum Gasteiger partial charge on any atom is 0.0999 e. The molecule has 0 saturated carbocycles. The quantitative estimate of drug-likeness (QED) is 0.340. The molecule has 9 nitrogen and oxygen atoms in total. The van der Waals surface area contributed by atoms with Crippen molar-refractivity contribution in [2.75, 3.05) is 39.6 Å². The molecule has 2 N–H and O–H groups in total. The normalized spacial score (nSPS) is 18.3. The highest BCUT2D eigenvalue weighted by atomic mass is 32.2. The lowest BCUT2D eigenvalue weighted by Crippen LogP contribution is -2.32. The molecule has 0 aromatic carbocycles. The standard InChI is InChI=1S/C16H34O9S/c1-12(7-17)23-9-14(3)22-6-5-16(26(19,20)21)11-25-15(4)10-24-13(2)8-18/h12-18H,5-11H2,1-4H3,(H,19,20,21)/p-1. The van der Waals surface area contributed by atoms with E-state index in [-0.39, 0.29) is 64.4 Å². The first-order chi connectivity index (χ1) is 12.1. The van der Waals surface area contributed by atoms with Crippen LogP contribution < -0.4 is 0 Å². The average Bonchev–Trinajstić information content (AvgIpc) is 2.58. The van der Waals surface area contributed by atoms with Crippen molar-refractivity contribution in [3.05, 3.63) is 0 Å². The van der Waals surface area contributed by atoms with E-state index in [0.717, 1.165) is 0 Å². The zero-order chi connectivity index (χ0) is 20.2. The van der Waals surface area contributed by atoms with Crippen LogP contribution in [-0.4, -0.2) is 92.5 Å². The Labute approximate surface area is 156 Å². The summed E-state index contributed by atoms with van der Waals surface area (Å²) < 4.78 is 55.5. The molecule has 0 heterocycles. The molecule has 0 spiro atoms. The number of aliphatic hydroxyl groups excluding tert-OH is 2. The summed E-state index contributed by atoms with van der Waals surface area (Å²) in [6, 6.07) is 0. The molecule has 0 aliphatic rings. The topological polar surface area (TPSA) is 135 Å². The molecule has 0 aliphatic carbocycles. The highest BCUT2D eigenvalue weighted by molar-refractivity contribution is 7.86. The van der Waals surface area contributed by atoms with Crippen molar-refractivity contribution in [3.8, 4) is 0 Å². The van der Waals surface area contributed by atoms with Crippen LogP contribution in [0.15, 0.2) is 0 Å². The van der Waals surface area contributed by atoms with Gasteiger partial charge in [0.2, 0.25) is 0 Å².